The molecule has 4 nitrogen and oxygen atoms in total. The first-order chi connectivity index (χ1) is 10.1. The number of halogens is 1. The third-order valence-corrected chi connectivity index (χ3v) is 3.96. The zero-order chi connectivity index (χ0) is 15.0. The molecule has 0 radical (unpaired) electrons. The van der Waals surface area contributed by atoms with E-state index in [1.807, 2.05) is 6.07 Å². The van der Waals surface area contributed by atoms with Crippen LogP contribution in [0.4, 0.5) is 5.69 Å². The Hall–Kier alpha value is -1.91. The first-order valence-corrected chi connectivity index (χ1v) is 7.18. The predicted molar refractivity (Wildman–Crippen MR) is 81.7 cm³/mol. The van der Waals surface area contributed by atoms with E-state index >= 15 is 0 Å². The minimum atomic E-state index is -0.651. The summed E-state index contributed by atoms with van der Waals surface area (Å²) in [5.74, 6) is -0.0807. The molecule has 1 aromatic carbocycles. The molecule has 3 rings (SSSR count). The number of anilines is 1. The van der Waals surface area contributed by atoms with E-state index < -0.39 is 6.10 Å². The number of carbonyl (C=O) groups is 1. The predicted octanol–water partition coefficient (Wildman–Crippen LogP) is 2.99. The third-order valence-electron chi connectivity index (χ3n) is 3.72. The van der Waals surface area contributed by atoms with Crippen LogP contribution < -0.4 is 4.90 Å². The zero-order valence-electron chi connectivity index (χ0n) is 11.6. The molecule has 1 aliphatic rings. The van der Waals surface area contributed by atoms with Gasteiger partial charge in [0, 0.05) is 28.9 Å². The van der Waals surface area contributed by atoms with Crippen molar-refractivity contribution in [2.45, 2.75) is 19.4 Å². The standard InChI is InChI=1S/C16H15ClN2O2/c1-10(20)13-4-6-18-9-15(13)19-7-5-11-8-12(17)2-3-14(11)16(19)21/h2-4,6,8-10,20H,5,7H2,1H3. The molecule has 1 N–H and O–H groups in total. The second-order valence-electron chi connectivity index (χ2n) is 5.12. The van der Waals surface area contributed by atoms with Crippen LogP contribution in [0.25, 0.3) is 0 Å². The van der Waals surface area contributed by atoms with Crippen molar-refractivity contribution in [2.75, 3.05) is 11.4 Å². The molecule has 0 spiro atoms. The number of hydrogen-bond donors (Lipinski definition) is 1. The number of rotatable bonds is 2. The molecule has 1 atom stereocenters. The molecular formula is C16H15ClN2O2. The normalized spacial score (nSPS) is 15.8. The van der Waals surface area contributed by atoms with Gasteiger partial charge in [-0.3, -0.25) is 9.78 Å². The van der Waals surface area contributed by atoms with Gasteiger partial charge < -0.3 is 10.0 Å². The Labute approximate surface area is 128 Å². The molecule has 0 saturated carbocycles. The second-order valence-corrected chi connectivity index (χ2v) is 5.56. The average molecular weight is 303 g/mol. The number of hydrogen-bond acceptors (Lipinski definition) is 3. The molecule has 1 aliphatic heterocycles. The van der Waals surface area contributed by atoms with Gasteiger partial charge in [0.2, 0.25) is 0 Å². The van der Waals surface area contributed by atoms with Gasteiger partial charge in [-0.25, -0.2) is 0 Å². The van der Waals surface area contributed by atoms with Crippen molar-refractivity contribution < 1.29 is 9.90 Å². The SMILES string of the molecule is CC(O)c1ccncc1N1CCc2cc(Cl)ccc2C1=O. The van der Waals surface area contributed by atoms with Gasteiger partial charge in [-0.15, -0.1) is 0 Å². The van der Waals surface area contributed by atoms with Crippen molar-refractivity contribution in [2.24, 2.45) is 0 Å². The summed E-state index contributed by atoms with van der Waals surface area (Å²) in [4.78, 5) is 18.4. The van der Waals surface area contributed by atoms with Gasteiger partial charge in [-0.2, -0.15) is 0 Å². The van der Waals surface area contributed by atoms with Gasteiger partial charge in [0.15, 0.2) is 0 Å². The lowest BCUT2D eigenvalue weighted by molar-refractivity contribution is 0.0980. The summed E-state index contributed by atoms with van der Waals surface area (Å²) >= 11 is 5.98. The topological polar surface area (TPSA) is 53.4 Å². The van der Waals surface area contributed by atoms with Crippen LogP contribution >= 0.6 is 11.6 Å². The summed E-state index contributed by atoms with van der Waals surface area (Å²) in [7, 11) is 0. The van der Waals surface area contributed by atoms with Crippen molar-refractivity contribution >= 4 is 23.2 Å². The summed E-state index contributed by atoms with van der Waals surface area (Å²) in [6, 6.07) is 7.06. The van der Waals surface area contributed by atoms with Crippen molar-refractivity contribution in [1.82, 2.24) is 4.98 Å². The maximum atomic E-state index is 12.7. The maximum Gasteiger partial charge on any atom is 0.258 e. The molecule has 1 amide bonds. The summed E-state index contributed by atoms with van der Waals surface area (Å²) in [6.45, 7) is 2.23. The molecule has 5 heteroatoms. The Bertz CT molecular complexity index is 700. The lowest BCUT2D eigenvalue weighted by atomic mass is 9.97. The smallest absolute Gasteiger partial charge is 0.258 e. The lowest BCUT2D eigenvalue weighted by Crippen LogP contribution is -2.38. The van der Waals surface area contributed by atoms with Gasteiger partial charge in [-0.1, -0.05) is 11.6 Å². The van der Waals surface area contributed by atoms with Crippen molar-refractivity contribution in [3.05, 3.63) is 58.4 Å². The van der Waals surface area contributed by atoms with E-state index in [9.17, 15) is 9.90 Å². The molecular weight excluding hydrogens is 288 g/mol. The Morgan fingerprint density at radius 2 is 2.19 bits per heavy atom. The van der Waals surface area contributed by atoms with E-state index in [1.165, 1.54) is 0 Å². The fourth-order valence-electron chi connectivity index (χ4n) is 2.66. The van der Waals surface area contributed by atoms with Crippen LogP contribution in [-0.2, 0) is 6.42 Å². The van der Waals surface area contributed by atoms with Gasteiger partial charge in [0.25, 0.3) is 5.91 Å². The van der Waals surface area contributed by atoms with Gasteiger partial charge >= 0.3 is 0 Å². The van der Waals surface area contributed by atoms with Crippen molar-refractivity contribution in [3.8, 4) is 0 Å². The number of aliphatic hydroxyl groups is 1. The number of carbonyl (C=O) groups excluding carboxylic acids is 1. The second kappa shape index (κ2) is 5.47. The monoisotopic (exact) mass is 302 g/mol. The molecule has 108 valence electrons. The van der Waals surface area contributed by atoms with Crippen molar-refractivity contribution in [1.29, 1.82) is 0 Å². The van der Waals surface area contributed by atoms with E-state index in [4.69, 9.17) is 11.6 Å². The summed E-state index contributed by atoms with van der Waals surface area (Å²) in [5.41, 5.74) is 2.99. The quantitative estimate of drug-likeness (QED) is 0.928. The van der Waals surface area contributed by atoms with Crippen molar-refractivity contribution in [3.63, 3.8) is 0 Å². The van der Waals surface area contributed by atoms with E-state index in [-0.39, 0.29) is 5.91 Å². The number of aliphatic hydroxyl groups excluding tert-OH is 1. The minimum Gasteiger partial charge on any atom is -0.389 e. The number of amides is 1. The third kappa shape index (κ3) is 2.52. The summed E-state index contributed by atoms with van der Waals surface area (Å²) < 4.78 is 0. The Morgan fingerprint density at radius 3 is 2.95 bits per heavy atom. The highest BCUT2D eigenvalue weighted by Crippen LogP contribution is 2.30. The molecule has 1 unspecified atom stereocenters. The molecule has 0 fully saturated rings. The fourth-order valence-corrected chi connectivity index (χ4v) is 2.86. The van der Waals surface area contributed by atoms with Crippen LogP contribution in [0.3, 0.4) is 0 Å². The van der Waals surface area contributed by atoms with E-state index in [2.05, 4.69) is 4.98 Å². The summed E-state index contributed by atoms with van der Waals surface area (Å²) in [6.07, 6.45) is 3.33. The van der Waals surface area contributed by atoms with E-state index in [0.29, 0.717) is 28.4 Å². The van der Waals surface area contributed by atoms with Crippen LogP contribution in [0, 0.1) is 0 Å². The molecule has 2 aromatic rings. The Kier molecular flexibility index (Phi) is 3.66. The van der Waals surface area contributed by atoms with E-state index in [1.54, 1.807) is 42.4 Å². The summed E-state index contributed by atoms with van der Waals surface area (Å²) in [5, 5.41) is 10.5. The van der Waals surface area contributed by atoms with Gasteiger partial charge in [0.05, 0.1) is 18.0 Å². The number of fused-ring (bicyclic) bond motifs is 1. The largest absolute Gasteiger partial charge is 0.389 e. The molecule has 0 bridgehead atoms. The minimum absolute atomic E-state index is 0.0807. The Balaban J connectivity index is 2.03. The fraction of sp³-hybridized carbons (Fsp3) is 0.250. The molecule has 0 saturated heterocycles. The Morgan fingerprint density at radius 1 is 1.38 bits per heavy atom. The van der Waals surface area contributed by atoms with Gasteiger partial charge in [0.1, 0.15) is 0 Å². The molecule has 21 heavy (non-hydrogen) atoms. The lowest BCUT2D eigenvalue weighted by Gasteiger charge is -2.30. The molecule has 0 aliphatic carbocycles. The first-order valence-electron chi connectivity index (χ1n) is 6.80. The number of aromatic nitrogens is 1. The maximum absolute atomic E-state index is 12.7. The highest BCUT2D eigenvalue weighted by Gasteiger charge is 2.27. The van der Waals surface area contributed by atoms with E-state index in [0.717, 1.165) is 12.0 Å². The van der Waals surface area contributed by atoms with Crippen LogP contribution in [0.5, 0.6) is 0 Å². The number of benzene rings is 1. The van der Waals surface area contributed by atoms with Crippen LogP contribution in [-0.4, -0.2) is 22.5 Å². The van der Waals surface area contributed by atoms with Gasteiger partial charge in [-0.05, 0) is 43.2 Å². The highest BCUT2D eigenvalue weighted by molar-refractivity contribution is 6.30. The number of nitrogens with zero attached hydrogens (tertiary/aromatic N) is 2. The average Bonchev–Trinajstić information content (AvgIpc) is 2.47. The van der Waals surface area contributed by atoms with Crippen LogP contribution in [0.1, 0.15) is 34.5 Å². The molecule has 1 aromatic heterocycles. The van der Waals surface area contributed by atoms with Crippen LogP contribution in [0.2, 0.25) is 5.02 Å². The highest BCUT2D eigenvalue weighted by atomic mass is 35.5. The van der Waals surface area contributed by atoms with Crippen LogP contribution in [0.15, 0.2) is 36.7 Å². The molecule has 2 heterocycles. The number of pyridine rings is 1. The first kappa shape index (κ1) is 14.0. The zero-order valence-corrected chi connectivity index (χ0v) is 12.3.